The van der Waals surface area contributed by atoms with Gasteiger partial charge in [0.1, 0.15) is 0 Å². The molecule has 6 nitrogen and oxygen atoms in total. The molecular formula is C3HI2N3O3. The van der Waals surface area contributed by atoms with E-state index in [0.717, 1.165) is 5.56 Å². The Morgan fingerprint density at radius 1 is 1.00 bits per heavy atom. The van der Waals surface area contributed by atoms with Gasteiger partial charge in [-0.3, -0.25) is 4.98 Å². The van der Waals surface area contributed by atoms with Gasteiger partial charge in [-0.25, -0.2) is 14.4 Å². The second kappa shape index (κ2) is 3.08. The number of nitrogens with zero attached hydrogens (tertiary/aromatic N) is 2. The molecule has 0 spiro atoms. The maximum Gasteiger partial charge on any atom is 0.354 e. The second-order valence-corrected chi connectivity index (χ2v) is 3.51. The van der Waals surface area contributed by atoms with E-state index in [1.165, 1.54) is 45.7 Å². The highest BCUT2D eigenvalue weighted by Crippen LogP contribution is 1.79. The Bertz CT molecular complexity index is 403. The van der Waals surface area contributed by atoms with Crippen molar-refractivity contribution in [3.63, 3.8) is 0 Å². The van der Waals surface area contributed by atoms with Crippen molar-refractivity contribution in [2.45, 2.75) is 0 Å². The Balaban J connectivity index is 3.89. The summed E-state index contributed by atoms with van der Waals surface area (Å²) >= 11 is 3.01. The molecule has 0 radical (unpaired) electrons. The molecule has 1 N–H and O–H groups in total. The Labute approximate surface area is 87.2 Å². The number of aromatic nitrogens is 3. The molecule has 1 rings (SSSR count). The third kappa shape index (κ3) is 1.55. The molecule has 0 saturated heterocycles. The second-order valence-electron chi connectivity index (χ2n) is 1.58. The summed E-state index contributed by atoms with van der Waals surface area (Å²) in [6.45, 7) is 0. The Morgan fingerprint density at radius 3 is 1.73 bits per heavy atom. The molecule has 1 aromatic rings. The molecule has 60 valence electrons. The van der Waals surface area contributed by atoms with Gasteiger partial charge in [0.15, 0.2) is 0 Å². The molecular weight excluding hydrogens is 380 g/mol. The maximum atomic E-state index is 10.9. The number of hydrogen-bond donors (Lipinski definition) is 1. The minimum absolute atomic E-state index is 0.653. The average molecular weight is 381 g/mol. The molecule has 0 saturated carbocycles. The molecule has 0 amide bonds. The van der Waals surface area contributed by atoms with Crippen LogP contribution < -0.4 is 17.1 Å². The molecule has 0 bridgehead atoms. The van der Waals surface area contributed by atoms with Gasteiger partial charge in [0.2, 0.25) is 0 Å². The zero-order valence-corrected chi connectivity index (χ0v) is 9.19. The van der Waals surface area contributed by atoms with Crippen LogP contribution in [-0.4, -0.2) is 10.5 Å². The van der Waals surface area contributed by atoms with Crippen LogP contribution in [0.15, 0.2) is 14.4 Å². The smallest absolute Gasteiger partial charge is 0.257 e. The molecule has 0 atom stereocenters. The van der Waals surface area contributed by atoms with Crippen LogP contribution in [0.2, 0.25) is 0 Å². The van der Waals surface area contributed by atoms with Crippen molar-refractivity contribution in [1.29, 1.82) is 0 Å². The van der Waals surface area contributed by atoms with Gasteiger partial charge < -0.3 is 0 Å². The first-order chi connectivity index (χ1) is 5.04. The van der Waals surface area contributed by atoms with Crippen molar-refractivity contribution >= 4 is 45.7 Å². The molecule has 11 heavy (non-hydrogen) atoms. The van der Waals surface area contributed by atoms with Crippen LogP contribution in [0.1, 0.15) is 0 Å². The third-order valence-electron chi connectivity index (χ3n) is 0.906. The summed E-state index contributed by atoms with van der Waals surface area (Å²) in [5.74, 6) is 0. The summed E-state index contributed by atoms with van der Waals surface area (Å²) in [6.07, 6.45) is 0. The first-order valence-corrected chi connectivity index (χ1v) is 4.27. The summed E-state index contributed by atoms with van der Waals surface area (Å²) in [7, 11) is 0. The molecule has 0 aliphatic carbocycles. The Hall–Kier alpha value is -0.130. The molecule has 1 heterocycles. The van der Waals surface area contributed by atoms with Gasteiger partial charge in [-0.2, -0.15) is 5.56 Å². The van der Waals surface area contributed by atoms with Crippen LogP contribution >= 0.6 is 45.7 Å². The quantitative estimate of drug-likeness (QED) is 0.592. The van der Waals surface area contributed by atoms with E-state index in [0.29, 0.717) is 0 Å². The summed E-state index contributed by atoms with van der Waals surface area (Å²) in [6, 6.07) is 0. The van der Waals surface area contributed by atoms with Crippen LogP contribution in [0.4, 0.5) is 0 Å². The molecule has 8 heteroatoms. The van der Waals surface area contributed by atoms with Crippen LogP contribution in [0.25, 0.3) is 0 Å². The average Bonchev–Trinajstić information content (AvgIpc) is 1.97. The number of hydrogen-bond acceptors (Lipinski definition) is 3. The summed E-state index contributed by atoms with van der Waals surface area (Å²) in [4.78, 5) is 34.2. The minimum atomic E-state index is -0.714. The van der Waals surface area contributed by atoms with Crippen molar-refractivity contribution < 1.29 is 0 Å². The first kappa shape index (κ1) is 8.96. The van der Waals surface area contributed by atoms with E-state index in [9.17, 15) is 14.4 Å². The largest absolute Gasteiger partial charge is 0.354 e. The number of nitrogens with one attached hydrogen (secondary N) is 1. The molecule has 0 unspecified atom stereocenters. The highest BCUT2D eigenvalue weighted by atomic mass is 127. The van der Waals surface area contributed by atoms with Crippen LogP contribution in [0, 0.1) is 0 Å². The topological polar surface area (TPSA) is 76.9 Å². The standard InChI is InChI=1S/C3HI2N3O3/c4-7-1(9)6-2(10)8(5)3(7)11/h(H,6,9,10). The molecule has 0 aliphatic heterocycles. The summed E-state index contributed by atoms with van der Waals surface area (Å²) < 4.78 is 1.57. The summed E-state index contributed by atoms with van der Waals surface area (Å²) in [5.41, 5.74) is -2.08. The maximum absolute atomic E-state index is 10.9. The van der Waals surface area contributed by atoms with Gasteiger partial charge in [-0.15, -0.1) is 0 Å². The van der Waals surface area contributed by atoms with E-state index < -0.39 is 17.1 Å². The van der Waals surface area contributed by atoms with E-state index in [1.54, 1.807) is 0 Å². The van der Waals surface area contributed by atoms with Crippen LogP contribution in [0.3, 0.4) is 0 Å². The lowest BCUT2D eigenvalue weighted by atomic mass is 11.0. The lowest BCUT2D eigenvalue weighted by molar-refractivity contribution is 0.857. The van der Waals surface area contributed by atoms with Crippen molar-refractivity contribution in [3.8, 4) is 0 Å². The van der Waals surface area contributed by atoms with Gasteiger partial charge in [0.25, 0.3) is 0 Å². The number of halogens is 2. The first-order valence-electron chi connectivity index (χ1n) is 2.34. The number of aromatic amines is 1. The highest BCUT2D eigenvalue weighted by molar-refractivity contribution is 14.1. The SMILES string of the molecule is O=c1[nH]c(=O)n(I)c(=O)n1I. The van der Waals surface area contributed by atoms with Gasteiger partial charge in [-0.05, 0) is 0 Å². The van der Waals surface area contributed by atoms with Crippen molar-refractivity contribution in [3.05, 3.63) is 31.5 Å². The lowest BCUT2D eigenvalue weighted by Gasteiger charge is -1.92. The molecule has 0 aliphatic rings. The molecule has 0 fully saturated rings. The van der Waals surface area contributed by atoms with Crippen molar-refractivity contribution in [1.82, 2.24) is 10.5 Å². The fourth-order valence-corrected chi connectivity index (χ4v) is 1.53. The number of rotatable bonds is 0. The highest BCUT2D eigenvalue weighted by Gasteiger charge is 2.03. The molecule has 0 aromatic carbocycles. The fraction of sp³-hybridized carbons (Fsp3) is 0. The zero-order valence-electron chi connectivity index (χ0n) is 4.88. The normalized spacial score (nSPS) is 10.0. The van der Waals surface area contributed by atoms with Gasteiger partial charge in [-0.1, -0.05) is 0 Å². The van der Waals surface area contributed by atoms with Gasteiger partial charge >= 0.3 is 17.1 Å². The predicted octanol–water partition coefficient (Wildman–Crippen LogP) is -0.905. The third-order valence-corrected chi connectivity index (χ3v) is 2.61. The van der Waals surface area contributed by atoms with Gasteiger partial charge in [0.05, 0.1) is 45.7 Å². The minimum Gasteiger partial charge on any atom is -0.257 e. The van der Waals surface area contributed by atoms with E-state index in [-0.39, 0.29) is 0 Å². The summed E-state index contributed by atoms with van der Waals surface area (Å²) in [5, 5.41) is 0. The van der Waals surface area contributed by atoms with Crippen molar-refractivity contribution in [2.24, 2.45) is 0 Å². The lowest BCUT2D eigenvalue weighted by Crippen LogP contribution is -2.42. The van der Waals surface area contributed by atoms with E-state index >= 15 is 0 Å². The monoisotopic (exact) mass is 381 g/mol. The number of H-pyrrole nitrogens is 1. The predicted molar refractivity (Wildman–Crippen MR) is 54.4 cm³/mol. The molecule has 1 aromatic heterocycles. The van der Waals surface area contributed by atoms with E-state index in [1.807, 2.05) is 4.98 Å². The Morgan fingerprint density at radius 2 is 1.36 bits per heavy atom. The van der Waals surface area contributed by atoms with Gasteiger partial charge in [0, 0.05) is 0 Å². The van der Waals surface area contributed by atoms with E-state index in [4.69, 9.17) is 0 Å². The Kier molecular flexibility index (Phi) is 2.51. The van der Waals surface area contributed by atoms with Crippen molar-refractivity contribution in [2.75, 3.05) is 0 Å². The van der Waals surface area contributed by atoms with E-state index in [2.05, 4.69) is 0 Å². The zero-order chi connectivity index (χ0) is 8.59. The van der Waals surface area contributed by atoms with Crippen LogP contribution in [-0.2, 0) is 0 Å². The van der Waals surface area contributed by atoms with Crippen LogP contribution in [0.5, 0.6) is 0 Å². The fourth-order valence-electron chi connectivity index (χ4n) is 0.440.